The number of imide groups is 1. The average Bonchev–Trinajstić information content (AvgIpc) is 3.23. The third kappa shape index (κ3) is 5.29. The van der Waals surface area contributed by atoms with Gasteiger partial charge >= 0.3 is 6.09 Å². The van der Waals surface area contributed by atoms with Crippen LogP contribution in [0.2, 0.25) is 0 Å². The van der Waals surface area contributed by atoms with Gasteiger partial charge in [-0.3, -0.25) is 14.5 Å². The molecule has 3 amide bonds. The number of anilines is 1. The van der Waals surface area contributed by atoms with Crippen LogP contribution in [0.5, 0.6) is 5.75 Å². The van der Waals surface area contributed by atoms with Crippen molar-refractivity contribution in [2.75, 3.05) is 31.6 Å². The summed E-state index contributed by atoms with van der Waals surface area (Å²) in [6.45, 7) is 6.22. The number of nitrogens with zero attached hydrogens (tertiary/aromatic N) is 2. The van der Waals surface area contributed by atoms with Gasteiger partial charge in [-0.05, 0) is 45.0 Å². The van der Waals surface area contributed by atoms with Crippen molar-refractivity contribution in [2.45, 2.75) is 38.9 Å². The number of rotatable bonds is 6. The highest BCUT2D eigenvalue weighted by Gasteiger charge is 2.32. The Morgan fingerprint density at radius 1 is 1.23 bits per heavy atom. The van der Waals surface area contributed by atoms with Gasteiger partial charge in [0.15, 0.2) is 0 Å². The molecule has 0 radical (unpaired) electrons. The number of aliphatic hydroxyl groups excluding tert-OH is 1. The average molecular weight is 417 g/mol. The highest BCUT2D eigenvalue weighted by atomic mass is 16.6. The molecule has 9 heteroatoms. The Labute approximate surface area is 175 Å². The second-order valence-corrected chi connectivity index (χ2v) is 8.18. The van der Waals surface area contributed by atoms with E-state index in [1.165, 1.54) is 6.08 Å². The Kier molecular flexibility index (Phi) is 6.31. The number of benzene rings is 1. The summed E-state index contributed by atoms with van der Waals surface area (Å²) in [5, 5.41) is 11.9. The van der Waals surface area contributed by atoms with Gasteiger partial charge in [-0.25, -0.2) is 4.79 Å². The van der Waals surface area contributed by atoms with E-state index in [1.54, 1.807) is 29.2 Å². The molecule has 0 saturated carbocycles. The fourth-order valence-electron chi connectivity index (χ4n) is 3.19. The predicted octanol–water partition coefficient (Wildman–Crippen LogP) is 1.73. The van der Waals surface area contributed by atoms with E-state index in [0.29, 0.717) is 30.9 Å². The number of β-amino-alcohol motifs (C(OH)–C–C–N with tert-alkyl or cyclic N) is 1. The molecule has 2 aliphatic rings. The van der Waals surface area contributed by atoms with Gasteiger partial charge in [-0.1, -0.05) is 0 Å². The fourth-order valence-corrected chi connectivity index (χ4v) is 3.19. The van der Waals surface area contributed by atoms with Gasteiger partial charge in [0.2, 0.25) is 0 Å². The Morgan fingerprint density at radius 2 is 1.93 bits per heavy atom. The zero-order chi connectivity index (χ0) is 21.9. The summed E-state index contributed by atoms with van der Waals surface area (Å²) in [5.74, 6) is -0.281. The Hall–Kier alpha value is -3.07. The molecule has 162 valence electrons. The summed E-state index contributed by atoms with van der Waals surface area (Å²) >= 11 is 0. The molecule has 2 heterocycles. The maximum absolute atomic E-state index is 12.2. The number of hydrogen-bond donors (Lipinski definition) is 2. The highest BCUT2D eigenvalue weighted by Crippen LogP contribution is 2.23. The largest absolute Gasteiger partial charge is 0.489 e. The molecule has 30 heavy (non-hydrogen) atoms. The van der Waals surface area contributed by atoms with Gasteiger partial charge in [-0.15, -0.1) is 0 Å². The third-order valence-corrected chi connectivity index (χ3v) is 4.57. The monoisotopic (exact) mass is 417 g/mol. The first-order valence-corrected chi connectivity index (χ1v) is 9.86. The molecule has 0 aliphatic carbocycles. The zero-order valence-electron chi connectivity index (χ0n) is 17.4. The number of likely N-dealkylation sites (tertiary alicyclic amines) is 1. The van der Waals surface area contributed by atoms with Crippen molar-refractivity contribution < 1.29 is 29.0 Å². The molecule has 1 aromatic carbocycles. The third-order valence-electron chi connectivity index (χ3n) is 4.57. The lowest BCUT2D eigenvalue weighted by Crippen LogP contribution is -2.36. The Morgan fingerprint density at radius 3 is 2.57 bits per heavy atom. The molecule has 2 N–H and O–H groups in total. The summed E-state index contributed by atoms with van der Waals surface area (Å²) < 4.78 is 11.3. The molecule has 1 atom stereocenters. The molecule has 0 spiro atoms. The second-order valence-electron chi connectivity index (χ2n) is 8.18. The minimum Gasteiger partial charge on any atom is -0.489 e. The lowest BCUT2D eigenvalue weighted by atomic mass is 10.2. The van der Waals surface area contributed by atoms with Crippen molar-refractivity contribution >= 4 is 23.6 Å². The van der Waals surface area contributed by atoms with Crippen LogP contribution in [0, 0.1) is 0 Å². The van der Waals surface area contributed by atoms with Gasteiger partial charge in [0.1, 0.15) is 23.2 Å². The van der Waals surface area contributed by atoms with Crippen molar-refractivity contribution in [3.8, 4) is 5.75 Å². The number of carbonyl (C=O) groups excluding carboxylic acids is 3. The number of carbonyl (C=O) groups is 3. The first-order chi connectivity index (χ1) is 14.2. The van der Waals surface area contributed by atoms with Crippen molar-refractivity contribution in [1.29, 1.82) is 0 Å². The Bertz CT molecular complexity index is 843. The number of amides is 3. The number of ether oxygens (including phenoxy) is 2. The minimum atomic E-state index is -0.533. The van der Waals surface area contributed by atoms with E-state index in [1.807, 2.05) is 20.8 Å². The van der Waals surface area contributed by atoms with Crippen molar-refractivity contribution in [2.24, 2.45) is 0 Å². The van der Waals surface area contributed by atoms with Crippen LogP contribution in [0.4, 0.5) is 10.5 Å². The van der Waals surface area contributed by atoms with Crippen LogP contribution in [-0.4, -0.2) is 70.8 Å². The van der Waals surface area contributed by atoms with Crippen LogP contribution in [0.15, 0.2) is 36.0 Å². The van der Waals surface area contributed by atoms with Crippen LogP contribution >= 0.6 is 0 Å². The normalized spacial score (nSPS) is 19.2. The SMILES string of the molecule is CC(C)(C)OC(=O)N1CCC(Oc2ccc(NC3=CC(=O)N(CCO)C3=O)cc2)C1. The van der Waals surface area contributed by atoms with Gasteiger partial charge in [0.05, 0.1) is 19.7 Å². The summed E-state index contributed by atoms with van der Waals surface area (Å²) in [6, 6.07) is 6.99. The van der Waals surface area contributed by atoms with E-state index in [0.717, 1.165) is 4.90 Å². The van der Waals surface area contributed by atoms with Gasteiger partial charge in [-0.2, -0.15) is 0 Å². The molecule has 1 aromatic rings. The predicted molar refractivity (Wildman–Crippen MR) is 109 cm³/mol. The summed E-state index contributed by atoms with van der Waals surface area (Å²) in [4.78, 5) is 38.7. The fraction of sp³-hybridized carbons (Fsp3) is 0.476. The lowest BCUT2D eigenvalue weighted by Gasteiger charge is -2.24. The van der Waals surface area contributed by atoms with Crippen LogP contribution in [-0.2, 0) is 14.3 Å². The van der Waals surface area contributed by atoms with Crippen molar-refractivity contribution in [3.05, 3.63) is 36.0 Å². The van der Waals surface area contributed by atoms with Crippen LogP contribution < -0.4 is 10.1 Å². The lowest BCUT2D eigenvalue weighted by molar-refractivity contribution is -0.137. The first kappa shape index (κ1) is 21.6. The van der Waals surface area contributed by atoms with E-state index >= 15 is 0 Å². The molecule has 0 aromatic heterocycles. The first-order valence-electron chi connectivity index (χ1n) is 9.86. The molecule has 2 aliphatic heterocycles. The summed E-state index contributed by atoms with van der Waals surface area (Å²) in [7, 11) is 0. The molecule has 1 saturated heterocycles. The molecular weight excluding hydrogens is 390 g/mol. The quantitative estimate of drug-likeness (QED) is 0.679. The van der Waals surface area contributed by atoms with Gasteiger partial charge in [0, 0.05) is 24.7 Å². The highest BCUT2D eigenvalue weighted by molar-refractivity contribution is 6.17. The van der Waals surface area contributed by atoms with Gasteiger partial charge < -0.3 is 24.8 Å². The van der Waals surface area contributed by atoms with Crippen LogP contribution in [0.25, 0.3) is 0 Å². The minimum absolute atomic E-state index is 0.0339. The summed E-state index contributed by atoms with van der Waals surface area (Å²) in [6.07, 6.45) is 1.46. The topological polar surface area (TPSA) is 108 Å². The number of aliphatic hydroxyl groups is 1. The van der Waals surface area contributed by atoms with Crippen molar-refractivity contribution in [3.63, 3.8) is 0 Å². The molecule has 1 unspecified atom stereocenters. The summed E-state index contributed by atoms with van der Waals surface area (Å²) in [5.41, 5.74) is 0.252. The molecule has 9 nitrogen and oxygen atoms in total. The van der Waals surface area contributed by atoms with Gasteiger partial charge in [0.25, 0.3) is 11.8 Å². The zero-order valence-corrected chi connectivity index (χ0v) is 17.4. The maximum atomic E-state index is 12.2. The van der Waals surface area contributed by atoms with E-state index in [4.69, 9.17) is 14.6 Å². The molecule has 3 rings (SSSR count). The Balaban J connectivity index is 1.52. The maximum Gasteiger partial charge on any atom is 0.410 e. The van der Waals surface area contributed by atoms with Crippen LogP contribution in [0.3, 0.4) is 0 Å². The smallest absolute Gasteiger partial charge is 0.410 e. The van der Waals surface area contributed by atoms with E-state index in [9.17, 15) is 14.4 Å². The van der Waals surface area contributed by atoms with E-state index < -0.39 is 17.4 Å². The van der Waals surface area contributed by atoms with E-state index in [-0.39, 0.29) is 31.0 Å². The molecule has 1 fully saturated rings. The standard InChI is InChI=1S/C21H27N3O6/c1-21(2,3)30-20(28)23-9-8-16(13-23)29-15-6-4-14(5-7-15)22-17-12-18(26)24(10-11-25)19(17)27/h4-7,12,16,22,25H,8-11,13H2,1-3H3. The number of nitrogens with one attached hydrogen (secondary N) is 1. The molecular formula is C21H27N3O6. The second kappa shape index (κ2) is 8.74. The molecule has 0 bridgehead atoms. The number of hydrogen-bond acceptors (Lipinski definition) is 7. The van der Waals surface area contributed by atoms with Crippen LogP contribution in [0.1, 0.15) is 27.2 Å². The van der Waals surface area contributed by atoms with Crippen molar-refractivity contribution in [1.82, 2.24) is 9.80 Å². The van der Waals surface area contributed by atoms with E-state index in [2.05, 4.69) is 5.32 Å².